The first kappa shape index (κ1) is 17.2. The Morgan fingerprint density at radius 3 is 2.54 bits per heavy atom. The molecule has 0 atom stereocenters. The van der Waals surface area contributed by atoms with Gasteiger partial charge >= 0.3 is 5.97 Å². The average Bonchev–Trinajstić information content (AvgIpc) is 2.87. The lowest BCUT2D eigenvalue weighted by atomic mass is 10.1. The summed E-state index contributed by atoms with van der Waals surface area (Å²) in [5.41, 5.74) is 1.66. The second-order valence-electron chi connectivity index (χ2n) is 5.22. The van der Waals surface area contributed by atoms with E-state index >= 15 is 0 Å². The van der Waals surface area contributed by atoms with E-state index in [0.717, 1.165) is 5.56 Å². The first-order valence-corrected chi connectivity index (χ1v) is 7.18. The van der Waals surface area contributed by atoms with Crippen molar-refractivity contribution in [3.63, 3.8) is 0 Å². The number of nitrogens with zero attached hydrogens (tertiary/aromatic N) is 1. The van der Waals surface area contributed by atoms with Crippen molar-refractivity contribution < 1.29 is 24.0 Å². The Bertz CT molecular complexity index is 763. The van der Waals surface area contributed by atoms with E-state index in [9.17, 15) is 19.7 Å². The molecule has 1 amide bonds. The van der Waals surface area contributed by atoms with E-state index < -0.39 is 16.8 Å². The van der Waals surface area contributed by atoms with Gasteiger partial charge in [-0.2, -0.15) is 0 Å². The van der Waals surface area contributed by atoms with Crippen molar-refractivity contribution in [1.82, 2.24) is 5.32 Å². The van der Waals surface area contributed by atoms with E-state index in [4.69, 9.17) is 9.52 Å². The van der Waals surface area contributed by atoms with E-state index in [2.05, 4.69) is 5.32 Å². The molecule has 0 aliphatic heterocycles. The van der Waals surface area contributed by atoms with Crippen molar-refractivity contribution in [3.05, 3.63) is 63.1 Å². The maximum absolute atomic E-state index is 12.2. The van der Waals surface area contributed by atoms with Gasteiger partial charge in [0.25, 0.3) is 11.6 Å². The van der Waals surface area contributed by atoms with Crippen molar-refractivity contribution in [2.75, 3.05) is 6.54 Å². The Morgan fingerprint density at radius 1 is 1.29 bits per heavy atom. The topological polar surface area (TPSA) is 123 Å². The van der Waals surface area contributed by atoms with Crippen LogP contribution in [0.15, 0.2) is 34.9 Å². The summed E-state index contributed by atoms with van der Waals surface area (Å²) in [6, 6.07) is 6.07. The standard InChI is InChI=1S/C16H16N2O6/c1-10-9-24-13(8-14(19)20)15(10)16(21)17-7-6-11-2-4-12(5-3-11)18(22)23/h2-5,9H,6-8H2,1H3,(H,17,21)(H,19,20). The summed E-state index contributed by atoms with van der Waals surface area (Å²) in [7, 11) is 0. The molecule has 0 aliphatic carbocycles. The number of nitro groups is 1. The van der Waals surface area contributed by atoms with Crippen molar-refractivity contribution >= 4 is 17.6 Å². The highest BCUT2D eigenvalue weighted by atomic mass is 16.6. The number of furan rings is 1. The zero-order chi connectivity index (χ0) is 17.7. The number of carbonyl (C=O) groups is 2. The fourth-order valence-electron chi connectivity index (χ4n) is 2.26. The zero-order valence-electron chi connectivity index (χ0n) is 12.9. The van der Waals surface area contributed by atoms with Gasteiger partial charge in [-0.3, -0.25) is 19.7 Å². The molecule has 0 saturated carbocycles. The summed E-state index contributed by atoms with van der Waals surface area (Å²) in [5, 5.41) is 22.1. The number of non-ortho nitro benzene ring substituents is 1. The van der Waals surface area contributed by atoms with Gasteiger partial charge in [-0.15, -0.1) is 0 Å². The Hall–Kier alpha value is -3.16. The Labute approximate surface area is 137 Å². The van der Waals surface area contributed by atoms with Crippen LogP contribution < -0.4 is 5.32 Å². The van der Waals surface area contributed by atoms with Gasteiger partial charge in [0.1, 0.15) is 12.2 Å². The van der Waals surface area contributed by atoms with Crippen LogP contribution in [0.1, 0.15) is 27.2 Å². The van der Waals surface area contributed by atoms with Gasteiger partial charge in [-0.1, -0.05) is 12.1 Å². The number of hydrogen-bond acceptors (Lipinski definition) is 5. The third kappa shape index (κ3) is 4.19. The summed E-state index contributed by atoms with van der Waals surface area (Å²) in [4.78, 5) is 33.1. The molecule has 24 heavy (non-hydrogen) atoms. The van der Waals surface area contributed by atoms with E-state index in [-0.39, 0.29) is 23.4 Å². The molecule has 0 radical (unpaired) electrons. The van der Waals surface area contributed by atoms with Crippen molar-refractivity contribution in [2.45, 2.75) is 19.8 Å². The Balaban J connectivity index is 1.95. The molecule has 126 valence electrons. The van der Waals surface area contributed by atoms with Gasteiger partial charge in [-0.05, 0) is 18.9 Å². The molecule has 1 aromatic heterocycles. The molecule has 1 heterocycles. The van der Waals surface area contributed by atoms with Crippen LogP contribution in [0.25, 0.3) is 0 Å². The molecule has 2 N–H and O–H groups in total. The van der Waals surface area contributed by atoms with Gasteiger partial charge in [-0.25, -0.2) is 0 Å². The average molecular weight is 332 g/mol. The molecule has 0 aliphatic rings. The highest BCUT2D eigenvalue weighted by molar-refractivity contribution is 5.97. The number of nitro benzene ring substituents is 1. The molecule has 8 nitrogen and oxygen atoms in total. The molecule has 2 aromatic rings. The number of benzene rings is 1. The Kier molecular flexibility index (Phi) is 5.31. The van der Waals surface area contributed by atoms with Crippen LogP contribution >= 0.6 is 0 Å². The maximum atomic E-state index is 12.2. The predicted molar refractivity (Wildman–Crippen MR) is 83.9 cm³/mol. The lowest BCUT2D eigenvalue weighted by Crippen LogP contribution is -2.27. The van der Waals surface area contributed by atoms with E-state index in [1.165, 1.54) is 18.4 Å². The van der Waals surface area contributed by atoms with E-state index in [0.29, 0.717) is 18.5 Å². The normalized spacial score (nSPS) is 10.4. The van der Waals surface area contributed by atoms with Gasteiger partial charge in [0.05, 0.1) is 16.7 Å². The lowest BCUT2D eigenvalue weighted by Gasteiger charge is -2.06. The summed E-state index contributed by atoms with van der Waals surface area (Å²) in [6.07, 6.45) is 1.48. The summed E-state index contributed by atoms with van der Waals surface area (Å²) in [6.45, 7) is 1.98. The molecule has 1 aromatic carbocycles. The number of carboxylic acids is 1. The number of rotatable bonds is 7. The maximum Gasteiger partial charge on any atom is 0.311 e. The number of aliphatic carboxylic acids is 1. The summed E-state index contributed by atoms with van der Waals surface area (Å²) in [5.74, 6) is -1.36. The van der Waals surface area contributed by atoms with Crippen molar-refractivity contribution in [3.8, 4) is 0 Å². The van der Waals surface area contributed by atoms with Crippen LogP contribution in [0.4, 0.5) is 5.69 Å². The van der Waals surface area contributed by atoms with Crippen LogP contribution in [0.3, 0.4) is 0 Å². The van der Waals surface area contributed by atoms with Crippen molar-refractivity contribution in [2.24, 2.45) is 0 Å². The monoisotopic (exact) mass is 332 g/mol. The smallest absolute Gasteiger partial charge is 0.311 e. The highest BCUT2D eigenvalue weighted by Crippen LogP contribution is 2.17. The van der Waals surface area contributed by atoms with Crippen LogP contribution in [0, 0.1) is 17.0 Å². The first-order valence-electron chi connectivity index (χ1n) is 7.18. The Morgan fingerprint density at radius 2 is 1.96 bits per heavy atom. The van der Waals surface area contributed by atoms with Crippen LogP contribution in [0.2, 0.25) is 0 Å². The number of hydrogen-bond donors (Lipinski definition) is 2. The fraction of sp³-hybridized carbons (Fsp3) is 0.250. The molecule has 0 saturated heterocycles. The molecular weight excluding hydrogens is 316 g/mol. The van der Waals surface area contributed by atoms with E-state index in [1.807, 2.05) is 0 Å². The van der Waals surface area contributed by atoms with Gasteiger partial charge in [0, 0.05) is 24.2 Å². The number of aryl methyl sites for hydroxylation is 1. The third-order valence-corrected chi connectivity index (χ3v) is 3.44. The lowest BCUT2D eigenvalue weighted by molar-refractivity contribution is -0.384. The number of carboxylic acid groups (broad SMARTS) is 1. The molecule has 0 unspecified atom stereocenters. The highest BCUT2D eigenvalue weighted by Gasteiger charge is 2.20. The molecular formula is C16H16N2O6. The van der Waals surface area contributed by atoms with Crippen LogP contribution in [0.5, 0.6) is 0 Å². The van der Waals surface area contributed by atoms with Crippen LogP contribution in [-0.4, -0.2) is 28.5 Å². The quantitative estimate of drug-likeness (QED) is 0.591. The van der Waals surface area contributed by atoms with E-state index in [1.54, 1.807) is 19.1 Å². The van der Waals surface area contributed by atoms with Gasteiger partial charge in [0.15, 0.2) is 0 Å². The second kappa shape index (κ2) is 7.40. The SMILES string of the molecule is Cc1coc(CC(=O)O)c1C(=O)NCCc1ccc([N+](=O)[O-])cc1. The summed E-state index contributed by atoms with van der Waals surface area (Å²) >= 11 is 0. The van der Waals surface area contributed by atoms with Crippen molar-refractivity contribution in [1.29, 1.82) is 0 Å². The predicted octanol–water partition coefficient (Wildman–Crippen LogP) is 2.10. The molecule has 8 heteroatoms. The third-order valence-electron chi connectivity index (χ3n) is 3.44. The number of carbonyl (C=O) groups excluding carboxylic acids is 1. The molecule has 0 bridgehead atoms. The number of nitrogens with one attached hydrogen (secondary N) is 1. The molecule has 0 spiro atoms. The van der Waals surface area contributed by atoms with Crippen LogP contribution in [-0.2, 0) is 17.6 Å². The zero-order valence-corrected chi connectivity index (χ0v) is 12.9. The molecule has 0 fully saturated rings. The minimum atomic E-state index is -1.08. The summed E-state index contributed by atoms with van der Waals surface area (Å²) < 4.78 is 5.12. The largest absolute Gasteiger partial charge is 0.481 e. The minimum absolute atomic E-state index is 0.00937. The minimum Gasteiger partial charge on any atom is -0.481 e. The van der Waals surface area contributed by atoms with Gasteiger partial charge < -0.3 is 14.8 Å². The molecule has 2 rings (SSSR count). The second-order valence-corrected chi connectivity index (χ2v) is 5.22. The fourth-order valence-corrected chi connectivity index (χ4v) is 2.26. The number of amides is 1. The first-order chi connectivity index (χ1) is 11.4. The van der Waals surface area contributed by atoms with Gasteiger partial charge in [0.2, 0.25) is 0 Å².